The summed E-state index contributed by atoms with van der Waals surface area (Å²) in [6.45, 7) is 2.66. The zero-order valence-electron chi connectivity index (χ0n) is 17.3. The van der Waals surface area contributed by atoms with Gasteiger partial charge in [0, 0.05) is 31.3 Å². The topological polar surface area (TPSA) is 46.4 Å². The van der Waals surface area contributed by atoms with Gasteiger partial charge >= 0.3 is 6.18 Å². The first-order chi connectivity index (χ1) is 14.8. The van der Waals surface area contributed by atoms with Gasteiger partial charge < -0.3 is 9.72 Å². The van der Waals surface area contributed by atoms with Crippen molar-refractivity contribution in [2.24, 2.45) is 0 Å². The molecule has 0 saturated carbocycles. The Labute approximate surface area is 184 Å². The number of nitrogens with one attached hydrogen (secondary N) is 1. The molecule has 1 N–H and O–H groups in total. The Bertz CT molecular complexity index is 1030. The second-order valence-electron chi connectivity index (χ2n) is 7.55. The minimum Gasteiger partial charge on any atom is -0.356 e. The fourth-order valence-corrected chi connectivity index (χ4v) is 3.75. The third-order valence-corrected chi connectivity index (χ3v) is 5.44. The smallest absolute Gasteiger partial charge is 0.356 e. The maximum absolute atomic E-state index is 13.3. The van der Waals surface area contributed by atoms with Crippen LogP contribution in [0.2, 0.25) is 5.02 Å². The number of rotatable bonds is 9. The molecular weight excluding hydrogens is 427 g/mol. The van der Waals surface area contributed by atoms with Crippen molar-refractivity contribution in [3.63, 3.8) is 0 Å². The van der Waals surface area contributed by atoms with Crippen molar-refractivity contribution in [2.75, 3.05) is 6.54 Å². The van der Waals surface area contributed by atoms with Gasteiger partial charge in [-0.15, -0.1) is 0 Å². The standard InChI is InChI=1S/C23H25ClF3N3O/c1-2-3-4-5-11-28-22(31)13-19(16-7-6-8-17(12-16)23(25,26)27)20-14-29-21-10-9-18(24)15-30(20)21/h6-10,12,14-15,19H,2-5,11,13H2,1H3,(H,28,31). The van der Waals surface area contributed by atoms with E-state index in [2.05, 4.69) is 17.2 Å². The van der Waals surface area contributed by atoms with Crippen molar-refractivity contribution in [1.82, 2.24) is 14.7 Å². The van der Waals surface area contributed by atoms with Gasteiger partial charge in [-0.3, -0.25) is 4.79 Å². The van der Waals surface area contributed by atoms with Crippen molar-refractivity contribution in [1.29, 1.82) is 0 Å². The lowest BCUT2D eigenvalue weighted by Crippen LogP contribution is -2.26. The van der Waals surface area contributed by atoms with Gasteiger partial charge in [-0.2, -0.15) is 13.2 Å². The van der Waals surface area contributed by atoms with Crippen LogP contribution >= 0.6 is 11.6 Å². The minimum absolute atomic E-state index is 0.00932. The summed E-state index contributed by atoms with van der Waals surface area (Å²) in [5.74, 6) is -0.817. The van der Waals surface area contributed by atoms with Crippen LogP contribution in [0.1, 0.15) is 61.8 Å². The zero-order valence-corrected chi connectivity index (χ0v) is 18.0. The highest BCUT2D eigenvalue weighted by atomic mass is 35.5. The Hall–Kier alpha value is -2.54. The molecule has 0 radical (unpaired) electrons. The number of unbranched alkanes of at least 4 members (excludes halogenated alkanes) is 3. The van der Waals surface area contributed by atoms with Gasteiger partial charge in [-0.25, -0.2) is 4.98 Å². The van der Waals surface area contributed by atoms with E-state index >= 15 is 0 Å². The molecule has 0 aliphatic rings. The fraction of sp³-hybridized carbons (Fsp3) is 0.391. The predicted molar refractivity (Wildman–Crippen MR) is 115 cm³/mol. The van der Waals surface area contributed by atoms with Crippen LogP contribution < -0.4 is 5.32 Å². The highest BCUT2D eigenvalue weighted by molar-refractivity contribution is 6.30. The fourth-order valence-electron chi connectivity index (χ4n) is 3.59. The molecule has 0 saturated heterocycles. The molecule has 3 aromatic rings. The van der Waals surface area contributed by atoms with Gasteiger partial charge in [0.05, 0.1) is 16.3 Å². The molecule has 0 bridgehead atoms. The molecule has 8 heteroatoms. The lowest BCUT2D eigenvalue weighted by molar-refractivity contribution is -0.137. The molecule has 2 aromatic heterocycles. The van der Waals surface area contributed by atoms with E-state index in [4.69, 9.17) is 11.6 Å². The van der Waals surface area contributed by atoms with E-state index < -0.39 is 17.7 Å². The summed E-state index contributed by atoms with van der Waals surface area (Å²) in [5.41, 5.74) is 0.869. The van der Waals surface area contributed by atoms with Crippen LogP contribution in [-0.4, -0.2) is 21.8 Å². The number of carbonyl (C=O) groups excluding carboxylic acids is 1. The Balaban J connectivity index is 1.91. The molecule has 0 aliphatic carbocycles. The highest BCUT2D eigenvalue weighted by Gasteiger charge is 2.32. The number of carbonyl (C=O) groups is 1. The second-order valence-corrected chi connectivity index (χ2v) is 7.99. The molecule has 31 heavy (non-hydrogen) atoms. The lowest BCUT2D eigenvalue weighted by atomic mass is 9.91. The molecule has 1 atom stereocenters. The van der Waals surface area contributed by atoms with Gasteiger partial charge in [0.25, 0.3) is 0 Å². The normalized spacial score (nSPS) is 12.8. The number of aromatic nitrogens is 2. The number of benzene rings is 1. The average Bonchev–Trinajstić information content (AvgIpc) is 3.14. The largest absolute Gasteiger partial charge is 0.416 e. The third kappa shape index (κ3) is 6.00. The van der Waals surface area contributed by atoms with E-state index in [1.54, 1.807) is 35.0 Å². The quantitative estimate of drug-likeness (QED) is 0.392. The molecule has 4 nitrogen and oxygen atoms in total. The minimum atomic E-state index is -4.47. The molecular formula is C23H25ClF3N3O. The number of alkyl halides is 3. The van der Waals surface area contributed by atoms with Gasteiger partial charge in [-0.05, 0) is 30.2 Å². The Morgan fingerprint density at radius 2 is 2.00 bits per heavy atom. The van der Waals surface area contributed by atoms with Crippen molar-refractivity contribution in [3.8, 4) is 0 Å². The second kappa shape index (κ2) is 10.2. The molecule has 0 fully saturated rings. The number of imidazole rings is 1. The zero-order chi connectivity index (χ0) is 22.4. The molecule has 1 amide bonds. The summed E-state index contributed by atoms with van der Waals surface area (Å²) < 4.78 is 41.6. The molecule has 166 valence electrons. The van der Waals surface area contributed by atoms with Gasteiger partial charge in [-0.1, -0.05) is 56.0 Å². The maximum Gasteiger partial charge on any atom is 0.416 e. The number of nitrogens with zero attached hydrogens (tertiary/aromatic N) is 2. The Morgan fingerprint density at radius 3 is 2.74 bits per heavy atom. The average molecular weight is 452 g/mol. The van der Waals surface area contributed by atoms with E-state index in [1.807, 2.05) is 0 Å². The first kappa shape index (κ1) is 23.1. The van der Waals surface area contributed by atoms with Crippen molar-refractivity contribution in [2.45, 2.75) is 51.1 Å². The van der Waals surface area contributed by atoms with Gasteiger partial charge in [0.15, 0.2) is 0 Å². The SMILES string of the molecule is CCCCCCNC(=O)CC(c1cccc(C(F)(F)F)c1)c1cnc2ccc(Cl)cn12. The summed E-state index contributed by atoms with van der Waals surface area (Å²) >= 11 is 6.12. The first-order valence-electron chi connectivity index (χ1n) is 10.4. The van der Waals surface area contributed by atoms with Crippen LogP contribution in [0.5, 0.6) is 0 Å². The molecule has 2 heterocycles. The van der Waals surface area contributed by atoms with Gasteiger partial charge in [0.1, 0.15) is 5.65 Å². The lowest BCUT2D eigenvalue weighted by Gasteiger charge is -2.19. The first-order valence-corrected chi connectivity index (χ1v) is 10.7. The van der Waals surface area contributed by atoms with E-state index in [0.29, 0.717) is 28.5 Å². The maximum atomic E-state index is 13.3. The molecule has 0 spiro atoms. The summed E-state index contributed by atoms with van der Waals surface area (Å²) in [7, 11) is 0. The number of amides is 1. The van der Waals surface area contributed by atoms with Crippen LogP contribution in [-0.2, 0) is 11.0 Å². The van der Waals surface area contributed by atoms with Crippen LogP contribution in [0.25, 0.3) is 5.65 Å². The summed E-state index contributed by atoms with van der Waals surface area (Å²) in [6.07, 6.45) is 2.89. The predicted octanol–water partition coefficient (Wildman–Crippen LogP) is 6.23. The molecule has 1 unspecified atom stereocenters. The molecule has 1 aromatic carbocycles. The van der Waals surface area contributed by atoms with Gasteiger partial charge in [0.2, 0.25) is 5.91 Å². The monoisotopic (exact) mass is 451 g/mol. The Morgan fingerprint density at radius 1 is 1.19 bits per heavy atom. The van der Waals surface area contributed by atoms with Crippen molar-refractivity contribution in [3.05, 3.63) is 70.6 Å². The van der Waals surface area contributed by atoms with Crippen LogP contribution in [0.3, 0.4) is 0 Å². The number of fused-ring (bicyclic) bond motifs is 1. The number of pyridine rings is 1. The number of hydrogen-bond acceptors (Lipinski definition) is 2. The highest BCUT2D eigenvalue weighted by Crippen LogP contribution is 2.34. The summed E-state index contributed by atoms with van der Waals surface area (Å²) in [6, 6.07) is 8.52. The number of hydrogen-bond donors (Lipinski definition) is 1. The van der Waals surface area contributed by atoms with Crippen LogP contribution in [0, 0.1) is 0 Å². The van der Waals surface area contributed by atoms with Crippen LogP contribution in [0.15, 0.2) is 48.8 Å². The molecule has 0 aliphatic heterocycles. The Kier molecular flexibility index (Phi) is 7.59. The van der Waals surface area contributed by atoms with E-state index in [0.717, 1.165) is 37.8 Å². The molecule has 3 rings (SSSR count). The van der Waals surface area contributed by atoms with Crippen molar-refractivity contribution < 1.29 is 18.0 Å². The number of halogens is 4. The third-order valence-electron chi connectivity index (χ3n) is 5.21. The summed E-state index contributed by atoms with van der Waals surface area (Å²) in [5, 5.41) is 3.36. The van der Waals surface area contributed by atoms with Crippen molar-refractivity contribution >= 4 is 23.2 Å². The van der Waals surface area contributed by atoms with Crippen LogP contribution in [0.4, 0.5) is 13.2 Å². The van der Waals surface area contributed by atoms with E-state index in [9.17, 15) is 18.0 Å². The van der Waals surface area contributed by atoms with E-state index in [-0.39, 0.29) is 12.3 Å². The summed E-state index contributed by atoms with van der Waals surface area (Å²) in [4.78, 5) is 17.0. The van der Waals surface area contributed by atoms with E-state index in [1.165, 1.54) is 6.07 Å².